The van der Waals surface area contributed by atoms with E-state index < -0.39 is 11.2 Å². The van der Waals surface area contributed by atoms with Gasteiger partial charge < -0.3 is 4.74 Å². The lowest BCUT2D eigenvalue weighted by atomic mass is 9.60. The molecule has 0 spiro atoms. The van der Waals surface area contributed by atoms with Crippen LogP contribution in [-0.4, -0.2) is 0 Å². The average molecular weight is 706 g/mol. The van der Waals surface area contributed by atoms with Gasteiger partial charge in [-0.15, -0.1) is 0 Å². The fraction of sp³-hybridized carbons (Fsp3) is 0.0952. The molecule has 0 N–H and O–H groups in total. The van der Waals surface area contributed by atoms with Gasteiger partial charge in [-0.05, 0) is 96.4 Å². The smallest absolute Gasteiger partial charge is 0.128 e. The van der Waals surface area contributed by atoms with Crippen molar-refractivity contribution >= 4 is 53.4 Å². The summed E-state index contributed by atoms with van der Waals surface area (Å²) < 4.78 is 9.90. The molecule has 4 atom stereocenters. The highest BCUT2D eigenvalue weighted by Crippen LogP contribution is 2.77. The van der Waals surface area contributed by atoms with Gasteiger partial charge in [0.1, 0.15) is 11.2 Å². The van der Waals surface area contributed by atoms with Gasteiger partial charge in [-0.3, -0.25) is 0 Å². The molecule has 7 aromatic rings. The maximum Gasteiger partial charge on any atom is 0.128 e. The zero-order valence-electron chi connectivity index (χ0n) is 24.2. The van der Waals surface area contributed by atoms with E-state index in [9.17, 15) is 0 Å². The lowest BCUT2D eigenvalue weighted by Gasteiger charge is -2.38. The van der Waals surface area contributed by atoms with Crippen molar-refractivity contribution in [2.24, 2.45) is 0 Å². The molecule has 1 saturated heterocycles. The molecule has 214 valence electrons. The number of halogens is 2. The largest absolute Gasteiger partial charge is 0.348 e. The second-order valence-corrected chi connectivity index (χ2v) is 14.5. The molecule has 1 fully saturated rings. The normalized spacial score (nSPS) is 23.9. The minimum atomic E-state index is -0.633. The summed E-state index contributed by atoms with van der Waals surface area (Å²) in [7, 11) is 0. The molecule has 0 saturated carbocycles. The predicted octanol–water partition coefficient (Wildman–Crippen LogP) is 11.6. The van der Waals surface area contributed by atoms with E-state index in [-0.39, 0.29) is 11.8 Å². The van der Waals surface area contributed by atoms with Gasteiger partial charge >= 0.3 is 0 Å². The Labute approximate surface area is 278 Å². The molecule has 4 unspecified atom stereocenters. The maximum absolute atomic E-state index is 7.76. The van der Waals surface area contributed by atoms with Gasteiger partial charge in [0, 0.05) is 20.8 Å². The highest BCUT2D eigenvalue weighted by molar-refractivity contribution is 9.10. The third kappa shape index (κ3) is 3.31. The molecular formula is C42H26Br2O. The van der Waals surface area contributed by atoms with Gasteiger partial charge in [-0.25, -0.2) is 0 Å². The summed E-state index contributed by atoms with van der Waals surface area (Å²) >= 11 is 7.39. The topological polar surface area (TPSA) is 9.23 Å². The lowest BCUT2D eigenvalue weighted by Crippen LogP contribution is -2.35. The Morgan fingerprint density at radius 1 is 0.489 bits per heavy atom. The van der Waals surface area contributed by atoms with E-state index in [0.29, 0.717) is 0 Å². The molecule has 1 aliphatic carbocycles. The van der Waals surface area contributed by atoms with Crippen molar-refractivity contribution in [3.63, 3.8) is 0 Å². The number of rotatable bonds is 3. The van der Waals surface area contributed by atoms with Crippen LogP contribution in [0.5, 0.6) is 0 Å². The number of fused-ring (bicyclic) bond motifs is 11. The molecule has 0 aromatic heterocycles. The zero-order chi connectivity index (χ0) is 29.9. The number of hydrogen-bond acceptors (Lipinski definition) is 1. The van der Waals surface area contributed by atoms with Crippen molar-refractivity contribution in [3.8, 4) is 11.1 Å². The Kier molecular flexibility index (Phi) is 5.40. The predicted molar refractivity (Wildman–Crippen MR) is 190 cm³/mol. The van der Waals surface area contributed by atoms with E-state index in [1.165, 1.54) is 66.1 Å². The summed E-state index contributed by atoms with van der Waals surface area (Å²) in [4.78, 5) is 0. The molecule has 3 aliphatic rings. The fourth-order valence-corrected chi connectivity index (χ4v) is 9.52. The van der Waals surface area contributed by atoms with Crippen molar-refractivity contribution in [1.82, 2.24) is 0 Å². The van der Waals surface area contributed by atoms with Crippen molar-refractivity contribution in [3.05, 3.63) is 188 Å². The van der Waals surface area contributed by atoms with Gasteiger partial charge in [0.15, 0.2) is 0 Å². The molecule has 45 heavy (non-hydrogen) atoms. The van der Waals surface area contributed by atoms with Crippen LogP contribution in [0.25, 0.3) is 32.7 Å². The summed E-state index contributed by atoms with van der Waals surface area (Å²) in [5.41, 5.74) is 8.97. The lowest BCUT2D eigenvalue weighted by molar-refractivity contribution is -0.0480. The molecule has 1 nitrogen and oxygen atoms in total. The molecule has 2 bridgehead atoms. The first-order chi connectivity index (χ1) is 22.1. The molecule has 3 heteroatoms. The summed E-state index contributed by atoms with van der Waals surface area (Å²) in [6, 6.07) is 53.8. The average Bonchev–Trinajstić information content (AvgIpc) is 3.71. The summed E-state index contributed by atoms with van der Waals surface area (Å²) in [6.07, 6.45) is 0. The van der Waals surface area contributed by atoms with E-state index in [4.69, 9.17) is 4.74 Å². The Morgan fingerprint density at radius 2 is 1.07 bits per heavy atom. The van der Waals surface area contributed by atoms with Crippen LogP contribution in [-0.2, 0) is 15.9 Å². The summed E-state index contributed by atoms with van der Waals surface area (Å²) in [6.45, 7) is 0. The van der Waals surface area contributed by atoms with Crippen LogP contribution in [0.3, 0.4) is 0 Å². The standard InChI is InChI=1S/C42H26Br2O/c43-30-18-14-28(15-19-30)41-36-10-3-4-11-37(36)42(45-41,29-16-20-31(44)21-17-29)40-35-23-22-32(33-8-5-9-34(38(33)35)39(40)41)27-13-12-25-6-1-2-7-26(25)24-27/h1-24,39-40H. The Bertz CT molecular complexity index is 2250. The minimum Gasteiger partial charge on any atom is -0.348 e. The number of ether oxygens (including phenoxy) is 1. The second kappa shape index (κ2) is 9.26. The van der Waals surface area contributed by atoms with Crippen molar-refractivity contribution in [1.29, 1.82) is 0 Å². The van der Waals surface area contributed by atoms with Gasteiger partial charge in [-0.1, -0.05) is 147 Å². The minimum absolute atomic E-state index is 0.114. The quantitative estimate of drug-likeness (QED) is 0.178. The van der Waals surface area contributed by atoms with E-state index >= 15 is 0 Å². The molecule has 7 aromatic carbocycles. The van der Waals surface area contributed by atoms with Gasteiger partial charge in [0.25, 0.3) is 0 Å². The molecular weight excluding hydrogens is 680 g/mol. The van der Waals surface area contributed by atoms with Crippen molar-refractivity contribution in [2.75, 3.05) is 0 Å². The highest BCUT2D eigenvalue weighted by atomic mass is 79.9. The van der Waals surface area contributed by atoms with E-state index in [2.05, 4.69) is 177 Å². The van der Waals surface area contributed by atoms with E-state index in [1.807, 2.05) is 0 Å². The van der Waals surface area contributed by atoms with E-state index in [0.717, 1.165) is 8.95 Å². The first kappa shape index (κ1) is 26.2. The van der Waals surface area contributed by atoms with Crippen LogP contribution in [0.2, 0.25) is 0 Å². The number of hydrogen-bond donors (Lipinski definition) is 0. The van der Waals surface area contributed by atoms with Crippen LogP contribution in [0.1, 0.15) is 45.2 Å². The number of benzene rings is 7. The molecule has 10 rings (SSSR count). The zero-order valence-corrected chi connectivity index (χ0v) is 27.3. The molecule has 2 aliphatic heterocycles. The molecule has 0 radical (unpaired) electrons. The Morgan fingerprint density at radius 3 is 1.71 bits per heavy atom. The van der Waals surface area contributed by atoms with E-state index in [1.54, 1.807) is 0 Å². The van der Waals surface area contributed by atoms with Crippen LogP contribution in [0.4, 0.5) is 0 Å². The second-order valence-electron chi connectivity index (χ2n) is 12.6. The third-order valence-corrected chi connectivity index (χ3v) is 11.7. The maximum atomic E-state index is 7.76. The first-order valence-corrected chi connectivity index (χ1v) is 17.1. The Hall–Kier alpha value is -4.02. The SMILES string of the molecule is Brc1ccc(C23OC(c4ccc(Br)cc4)(c4ccccc42)C2c4ccc(-c5ccc6ccccc6c5)c5cccc(c45)C23)cc1. The van der Waals surface area contributed by atoms with Crippen LogP contribution in [0, 0.1) is 0 Å². The van der Waals surface area contributed by atoms with Crippen LogP contribution in [0.15, 0.2) is 155 Å². The molecule has 2 heterocycles. The van der Waals surface area contributed by atoms with Crippen molar-refractivity contribution in [2.45, 2.75) is 23.0 Å². The highest BCUT2D eigenvalue weighted by Gasteiger charge is 2.73. The van der Waals surface area contributed by atoms with Gasteiger partial charge in [0.05, 0.1) is 0 Å². The Balaban J connectivity index is 1.30. The van der Waals surface area contributed by atoms with Gasteiger partial charge in [0.2, 0.25) is 0 Å². The van der Waals surface area contributed by atoms with Gasteiger partial charge in [-0.2, -0.15) is 0 Å². The third-order valence-electron chi connectivity index (χ3n) is 10.6. The molecule has 0 amide bonds. The monoisotopic (exact) mass is 704 g/mol. The van der Waals surface area contributed by atoms with Crippen LogP contribution < -0.4 is 0 Å². The van der Waals surface area contributed by atoms with Crippen molar-refractivity contribution < 1.29 is 4.74 Å². The summed E-state index contributed by atoms with van der Waals surface area (Å²) in [5, 5.41) is 5.23. The summed E-state index contributed by atoms with van der Waals surface area (Å²) in [5.74, 6) is 0.227. The van der Waals surface area contributed by atoms with Crippen LogP contribution >= 0.6 is 31.9 Å². The first-order valence-electron chi connectivity index (χ1n) is 15.5. The fourth-order valence-electron chi connectivity index (χ4n) is 9.00.